The standard InChI is InChI=1S/C18H22N4O3S/c1-25-12-15(23)22-9-5-13(6-10-22)16(18-20-8-11-26-18)21-17(24)14-4-2-3-7-19-14/h2-4,7-8,11,13,16H,5-6,9-10,12H2,1H3,(H,21,24)/t16-/m0/s1. The summed E-state index contributed by atoms with van der Waals surface area (Å²) in [5.41, 5.74) is 0.391. The van der Waals surface area contributed by atoms with Gasteiger partial charge in [0.25, 0.3) is 5.91 Å². The first kappa shape index (κ1) is 18.5. The zero-order valence-corrected chi connectivity index (χ0v) is 15.4. The van der Waals surface area contributed by atoms with Crippen molar-refractivity contribution in [1.82, 2.24) is 20.2 Å². The van der Waals surface area contributed by atoms with Crippen LogP contribution in [-0.4, -0.2) is 53.5 Å². The first-order valence-electron chi connectivity index (χ1n) is 8.57. The second-order valence-corrected chi connectivity index (χ2v) is 7.11. The van der Waals surface area contributed by atoms with Crippen LogP contribution in [0.25, 0.3) is 0 Å². The van der Waals surface area contributed by atoms with Crippen molar-refractivity contribution in [3.63, 3.8) is 0 Å². The summed E-state index contributed by atoms with van der Waals surface area (Å²) in [7, 11) is 1.52. The minimum absolute atomic E-state index is 0.00858. The third-order valence-electron chi connectivity index (χ3n) is 4.53. The Morgan fingerprint density at radius 1 is 1.31 bits per heavy atom. The summed E-state index contributed by atoms with van der Waals surface area (Å²) >= 11 is 1.53. The van der Waals surface area contributed by atoms with E-state index in [-0.39, 0.29) is 30.4 Å². The third kappa shape index (κ3) is 4.44. The summed E-state index contributed by atoms with van der Waals surface area (Å²) in [5, 5.41) is 5.89. The highest BCUT2D eigenvalue weighted by atomic mass is 32.1. The molecule has 0 aliphatic carbocycles. The van der Waals surface area contributed by atoms with Crippen molar-refractivity contribution in [3.8, 4) is 0 Å². The number of rotatable bonds is 6. The number of pyridine rings is 1. The molecule has 3 heterocycles. The van der Waals surface area contributed by atoms with Gasteiger partial charge in [-0.25, -0.2) is 4.98 Å². The average Bonchev–Trinajstić information content (AvgIpc) is 3.21. The largest absolute Gasteiger partial charge is 0.375 e. The lowest BCUT2D eigenvalue weighted by atomic mass is 9.89. The number of ether oxygens (including phenoxy) is 1. The van der Waals surface area contributed by atoms with Gasteiger partial charge in [0.2, 0.25) is 5.91 Å². The van der Waals surface area contributed by atoms with E-state index in [1.165, 1.54) is 18.4 Å². The summed E-state index contributed by atoms with van der Waals surface area (Å²) in [5.74, 6) is 0.0263. The zero-order chi connectivity index (χ0) is 18.4. The minimum Gasteiger partial charge on any atom is -0.375 e. The SMILES string of the molecule is COCC(=O)N1CCC([C@H](NC(=O)c2ccccn2)c2nccs2)CC1. The number of likely N-dealkylation sites (tertiary alicyclic amines) is 1. The van der Waals surface area contributed by atoms with Gasteiger partial charge in [0.05, 0.1) is 6.04 Å². The number of hydrogen-bond acceptors (Lipinski definition) is 6. The molecule has 2 aromatic rings. The molecule has 7 nitrogen and oxygen atoms in total. The van der Waals surface area contributed by atoms with Crippen LogP contribution in [0, 0.1) is 5.92 Å². The van der Waals surface area contributed by atoms with E-state index in [4.69, 9.17) is 4.74 Å². The normalized spacial score (nSPS) is 16.3. The van der Waals surface area contributed by atoms with E-state index >= 15 is 0 Å². The second-order valence-electron chi connectivity index (χ2n) is 6.19. The predicted molar refractivity (Wildman–Crippen MR) is 97.7 cm³/mol. The molecule has 0 saturated carbocycles. The van der Waals surface area contributed by atoms with E-state index in [1.807, 2.05) is 10.3 Å². The van der Waals surface area contributed by atoms with E-state index in [1.54, 1.807) is 30.6 Å². The molecule has 1 N–H and O–H groups in total. The van der Waals surface area contributed by atoms with Gasteiger partial charge in [-0.2, -0.15) is 0 Å². The van der Waals surface area contributed by atoms with Crippen molar-refractivity contribution >= 4 is 23.2 Å². The molecule has 8 heteroatoms. The Morgan fingerprint density at radius 2 is 2.12 bits per heavy atom. The van der Waals surface area contributed by atoms with Crippen LogP contribution in [0.15, 0.2) is 36.0 Å². The molecular formula is C18H22N4O3S. The van der Waals surface area contributed by atoms with Crippen molar-refractivity contribution in [3.05, 3.63) is 46.7 Å². The lowest BCUT2D eigenvalue weighted by Crippen LogP contribution is -2.44. The van der Waals surface area contributed by atoms with Gasteiger partial charge in [0, 0.05) is 38.0 Å². The fraction of sp³-hybridized carbons (Fsp3) is 0.444. The van der Waals surface area contributed by atoms with Crippen molar-refractivity contribution < 1.29 is 14.3 Å². The Balaban J connectivity index is 1.68. The lowest BCUT2D eigenvalue weighted by Gasteiger charge is -2.35. The summed E-state index contributed by atoms with van der Waals surface area (Å²) in [6.45, 7) is 1.43. The Labute approximate surface area is 156 Å². The van der Waals surface area contributed by atoms with Crippen LogP contribution in [0.4, 0.5) is 0 Å². The molecule has 0 radical (unpaired) electrons. The van der Waals surface area contributed by atoms with Crippen molar-refractivity contribution in [2.45, 2.75) is 18.9 Å². The van der Waals surface area contributed by atoms with Crippen LogP contribution < -0.4 is 5.32 Å². The van der Waals surface area contributed by atoms with Gasteiger partial charge in [-0.1, -0.05) is 6.07 Å². The van der Waals surface area contributed by atoms with Gasteiger partial charge in [0.1, 0.15) is 17.3 Å². The molecule has 1 aliphatic heterocycles. The number of thiazole rings is 1. The molecule has 1 atom stereocenters. The number of carbonyl (C=O) groups is 2. The van der Waals surface area contributed by atoms with Crippen molar-refractivity contribution in [1.29, 1.82) is 0 Å². The lowest BCUT2D eigenvalue weighted by molar-refractivity contribution is -0.136. The molecule has 1 fully saturated rings. The quantitative estimate of drug-likeness (QED) is 0.835. The first-order valence-corrected chi connectivity index (χ1v) is 9.45. The first-order chi connectivity index (χ1) is 12.7. The van der Waals surface area contributed by atoms with Crippen LogP contribution in [0.2, 0.25) is 0 Å². The molecule has 0 aromatic carbocycles. The molecule has 2 amide bonds. The number of nitrogens with zero attached hydrogens (tertiary/aromatic N) is 3. The summed E-state index contributed by atoms with van der Waals surface area (Å²) in [4.78, 5) is 34.9. The molecule has 0 bridgehead atoms. The molecule has 138 valence electrons. The van der Waals surface area contributed by atoms with Crippen molar-refractivity contribution in [2.75, 3.05) is 26.8 Å². The highest BCUT2D eigenvalue weighted by molar-refractivity contribution is 7.09. The van der Waals surface area contributed by atoms with Crippen LogP contribution in [0.1, 0.15) is 34.4 Å². The molecule has 2 aromatic heterocycles. The molecule has 26 heavy (non-hydrogen) atoms. The van der Waals surface area contributed by atoms with Gasteiger partial charge >= 0.3 is 0 Å². The van der Waals surface area contributed by atoms with Gasteiger partial charge in [0.15, 0.2) is 0 Å². The monoisotopic (exact) mass is 374 g/mol. The van der Waals surface area contributed by atoms with Gasteiger partial charge < -0.3 is 15.0 Å². The molecule has 0 spiro atoms. The van der Waals surface area contributed by atoms with Crippen LogP contribution in [0.3, 0.4) is 0 Å². The van der Waals surface area contributed by atoms with Crippen LogP contribution in [0.5, 0.6) is 0 Å². The Hall–Kier alpha value is -2.32. The summed E-state index contributed by atoms with van der Waals surface area (Å²) < 4.78 is 4.93. The fourth-order valence-electron chi connectivity index (χ4n) is 3.18. The Morgan fingerprint density at radius 3 is 2.73 bits per heavy atom. The summed E-state index contributed by atoms with van der Waals surface area (Å²) in [6.07, 6.45) is 4.97. The highest BCUT2D eigenvalue weighted by Gasteiger charge is 2.32. The molecular weight excluding hydrogens is 352 g/mol. The number of aromatic nitrogens is 2. The Bertz CT molecular complexity index is 715. The molecule has 1 saturated heterocycles. The van der Waals surface area contributed by atoms with Crippen LogP contribution in [-0.2, 0) is 9.53 Å². The predicted octanol–water partition coefficient (Wildman–Crippen LogP) is 1.89. The van der Waals surface area contributed by atoms with Crippen LogP contribution >= 0.6 is 11.3 Å². The number of methoxy groups -OCH3 is 1. The molecule has 3 rings (SSSR count). The van der Waals surface area contributed by atoms with E-state index in [0.29, 0.717) is 18.8 Å². The molecule has 1 aliphatic rings. The fourth-order valence-corrected chi connectivity index (χ4v) is 3.96. The number of amides is 2. The van der Waals surface area contributed by atoms with E-state index in [9.17, 15) is 9.59 Å². The van der Waals surface area contributed by atoms with Gasteiger partial charge in [-0.3, -0.25) is 14.6 Å². The number of carbonyl (C=O) groups excluding carboxylic acids is 2. The third-order valence-corrected chi connectivity index (χ3v) is 5.39. The Kier molecular flexibility index (Phi) is 6.30. The average molecular weight is 374 g/mol. The smallest absolute Gasteiger partial charge is 0.270 e. The maximum absolute atomic E-state index is 12.6. The number of hydrogen-bond donors (Lipinski definition) is 1. The van der Waals surface area contributed by atoms with E-state index in [0.717, 1.165) is 17.8 Å². The highest BCUT2D eigenvalue weighted by Crippen LogP contribution is 2.32. The minimum atomic E-state index is -0.205. The van der Waals surface area contributed by atoms with E-state index in [2.05, 4.69) is 15.3 Å². The maximum atomic E-state index is 12.6. The summed E-state index contributed by atoms with van der Waals surface area (Å²) in [6, 6.07) is 5.09. The van der Waals surface area contributed by atoms with Gasteiger partial charge in [-0.05, 0) is 30.9 Å². The van der Waals surface area contributed by atoms with Gasteiger partial charge in [-0.15, -0.1) is 11.3 Å². The maximum Gasteiger partial charge on any atom is 0.270 e. The number of nitrogens with one attached hydrogen (secondary N) is 1. The molecule has 0 unspecified atom stereocenters. The topological polar surface area (TPSA) is 84.4 Å². The zero-order valence-electron chi connectivity index (χ0n) is 14.6. The van der Waals surface area contributed by atoms with Crippen molar-refractivity contribution in [2.24, 2.45) is 5.92 Å². The number of piperidine rings is 1. The van der Waals surface area contributed by atoms with E-state index < -0.39 is 0 Å². The second kappa shape index (κ2) is 8.86.